The lowest BCUT2D eigenvalue weighted by Gasteiger charge is -2.35. The van der Waals surface area contributed by atoms with E-state index in [1.54, 1.807) is 27.7 Å². The van der Waals surface area contributed by atoms with Crippen molar-refractivity contribution in [2.45, 2.75) is 58.2 Å². The third-order valence-corrected chi connectivity index (χ3v) is 6.71. The molecule has 0 saturated carbocycles. The molecule has 1 atom stereocenters. The molecule has 0 bridgehead atoms. The van der Waals surface area contributed by atoms with E-state index >= 15 is 0 Å². The SMILES string of the molecule is CC(Nc1nc(N)nc(N)c1Cl)c1nc2cccc(Cl)c2c(=O)n1C1CCN(C(=O)OC(C)(C)C)CC1. The first kappa shape index (κ1) is 26.7. The molecule has 37 heavy (non-hydrogen) atoms. The van der Waals surface area contributed by atoms with Gasteiger partial charge in [-0.3, -0.25) is 9.36 Å². The van der Waals surface area contributed by atoms with Gasteiger partial charge in [-0.25, -0.2) is 9.78 Å². The van der Waals surface area contributed by atoms with Crippen molar-refractivity contribution in [3.05, 3.63) is 44.4 Å². The Morgan fingerprint density at radius 3 is 2.49 bits per heavy atom. The number of rotatable bonds is 4. The molecule has 0 radical (unpaired) electrons. The van der Waals surface area contributed by atoms with Crippen LogP contribution in [0.4, 0.5) is 22.4 Å². The van der Waals surface area contributed by atoms with Crippen LogP contribution in [0.15, 0.2) is 23.0 Å². The van der Waals surface area contributed by atoms with E-state index < -0.39 is 11.6 Å². The predicted molar refractivity (Wildman–Crippen MR) is 145 cm³/mol. The van der Waals surface area contributed by atoms with Gasteiger partial charge in [0.1, 0.15) is 22.3 Å². The molecule has 1 aliphatic heterocycles. The first-order valence-electron chi connectivity index (χ1n) is 11.9. The van der Waals surface area contributed by atoms with Crippen molar-refractivity contribution in [1.29, 1.82) is 0 Å². The molecule has 1 aromatic carbocycles. The first-order chi connectivity index (χ1) is 17.4. The van der Waals surface area contributed by atoms with E-state index in [1.165, 1.54) is 0 Å². The van der Waals surface area contributed by atoms with Crippen LogP contribution in [0.25, 0.3) is 10.9 Å². The molecular formula is C24H30Cl2N8O3. The number of aromatic nitrogens is 4. The van der Waals surface area contributed by atoms with E-state index in [9.17, 15) is 9.59 Å². The van der Waals surface area contributed by atoms with Crippen molar-refractivity contribution in [3.8, 4) is 0 Å². The van der Waals surface area contributed by atoms with Gasteiger partial charge in [0.15, 0.2) is 5.82 Å². The number of hydrogen-bond acceptors (Lipinski definition) is 9. The van der Waals surface area contributed by atoms with E-state index in [4.69, 9.17) is 44.4 Å². The summed E-state index contributed by atoms with van der Waals surface area (Å²) >= 11 is 12.7. The maximum absolute atomic E-state index is 13.8. The molecule has 5 N–H and O–H groups in total. The van der Waals surface area contributed by atoms with Crippen molar-refractivity contribution in [3.63, 3.8) is 0 Å². The van der Waals surface area contributed by atoms with Crippen molar-refractivity contribution in [2.24, 2.45) is 0 Å². The Bertz CT molecular complexity index is 1400. The zero-order valence-electron chi connectivity index (χ0n) is 21.1. The summed E-state index contributed by atoms with van der Waals surface area (Å²) in [7, 11) is 0. The summed E-state index contributed by atoms with van der Waals surface area (Å²) in [6.45, 7) is 8.17. The summed E-state index contributed by atoms with van der Waals surface area (Å²) in [6, 6.07) is 4.39. The van der Waals surface area contributed by atoms with Crippen LogP contribution in [0.2, 0.25) is 10.0 Å². The molecule has 198 valence electrons. The van der Waals surface area contributed by atoms with Gasteiger partial charge in [-0.15, -0.1) is 0 Å². The molecule has 11 nitrogen and oxygen atoms in total. The van der Waals surface area contributed by atoms with Gasteiger partial charge in [-0.05, 0) is 52.7 Å². The largest absolute Gasteiger partial charge is 0.444 e. The minimum atomic E-state index is -0.590. The van der Waals surface area contributed by atoms with Crippen LogP contribution in [0.3, 0.4) is 0 Å². The minimum absolute atomic E-state index is 0.0361. The Balaban J connectivity index is 1.71. The molecule has 3 heterocycles. The monoisotopic (exact) mass is 548 g/mol. The van der Waals surface area contributed by atoms with Crippen molar-refractivity contribution in [2.75, 3.05) is 29.9 Å². The van der Waals surface area contributed by atoms with Crippen LogP contribution < -0.4 is 22.3 Å². The molecule has 1 aliphatic rings. The molecule has 1 amide bonds. The number of nitrogens with two attached hydrogens (primary N) is 2. The standard InChI is InChI=1S/C24H30Cl2N8O3/c1-12(29-19-17(26)18(27)31-22(28)32-19)20-30-15-7-5-6-14(25)16(15)21(35)34(20)13-8-10-33(11-9-13)23(36)37-24(2,3)4/h5-7,12-13H,8-11H2,1-4H3,(H5,27,28,29,31,32). The van der Waals surface area contributed by atoms with Gasteiger partial charge < -0.3 is 26.4 Å². The second kappa shape index (κ2) is 10.2. The van der Waals surface area contributed by atoms with Crippen molar-refractivity contribution >= 4 is 57.8 Å². The number of benzene rings is 1. The van der Waals surface area contributed by atoms with Gasteiger partial charge in [-0.1, -0.05) is 29.3 Å². The summed E-state index contributed by atoms with van der Waals surface area (Å²) in [6.07, 6.45) is 0.692. The number of nitrogens with zero attached hydrogens (tertiary/aromatic N) is 5. The van der Waals surface area contributed by atoms with Gasteiger partial charge in [-0.2, -0.15) is 9.97 Å². The molecule has 0 spiro atoms. The van der Waals surface area contributed by atoms with Crippen LogP contribution in [-0.4, -0.2) is 49.2 Å². The third-order valence-electron chi connectivity index (χ3n) is 6.02. The maximum atomic E-state index is 13.8. The van der Waals surface area contributed by atoms with E-state index in [2.05, 4.69) is 15.3 Å². The lowest BCUT2D eigenvalue weighted by molar-refractivity contribution is 0.0186. The van der Waals surface area contributed by atoms with Crippen molar-refractivity contribution in [1.82, 2.24) is 24.4 Å². The highest BCUT2D eigenvalue weighted by Gasteiger charge is 2.31. The number of nitrogen functional groups attached to an aromatic ring is 2. The molecule has 1 fully saturated rings. The van der Waals surface area contributed by atoms with E-state index in [-0.39, 0.29) is 40.3 Å². The Hall–Kier alpha value is -3.31. The van der Waals surface area contributed by atoms with Gasteiger partial charge >= 0.3 is 6.09 Å². The molecular weight excluding hydrogens is 519 g/mol. The average molecular weight is 549 g/mol. The van der Waals surface area contributed by atoms with E-state index in [0.29, 0.717) is 47.7 Å². The lowest BCUT2D eigenvalue weighted by atomic mass is 10.0. The third kappa shape index (κ3) is 5.67. The van der Waals surface area contributed by atoms with Gasteiger partial charge in [0.2, 0.25) is 5.95 Å². The number of halogens is 2. The lowest BCUT2D eigenvalue weighted by Crippen LogP contribution is -2.44. The smallest absolute Gasteiger partial charge is 0.410 e. The molecule has 1 unspecified atom stereocenters. The number of piperidine rings is 1. The highest BCUT2D eigenvalue weighted by atomic mass is 35.5. The molecule has 13 heteroatoms. The number of ether oxygens (including phenoxy) is 1. The number of likely N-dealkylation sites (tertiary alicyclic amines) is 1. The second-order valence-corrected chi connectivity index (χ2v) is 10.8. The summed E-state index contributed by atoms with van der Waals surface area (Å²) in [5.41, 5.74) is 11.2. The number of anilines is 3. The average Bonchev–Trinajstić information content (AvgIpc) is 2.81. The molecule has 2 aromatic heterocycles. The molecule has 3 aromatic rings. The Morgan fingerprint density at radius 1 is 1.16 bits per heavy atom. The Labute approximate surface area is 224 Å². The number of amides is 1. The second-order valence-electron chi connectivity index (χ2n) is 9.97. The van der Waals surface area contributed by atoms with Crippen molar-refractivity contribution < 1.29 is 9.53 Å². The summed E-state index contributed by atoms with van der Waals surface area (Å²) in [4.78, 5) is 40.8. The molecule has 4 rings (SSSR count). The van der Waals surface area contributed by atoms with E-state index in [0.717, 1.165) is 0 Å². The van der Waals surface area contributed by atoms with Crippen LogP contribution >= 0.6 is 23.2 Å². The number of fused-ring (bicyclic) bond motifs is 1. The molecule has 0 aliphatic carbocycles. The van der Waals surface area contributed by atoms with Crippen LogP contribution in [-0.2, 0) is 4.74 Å². The minimum Gasteiger partial charge on any atom is -0.444 e. The topological polar surface area (TPSA) is 154 Å². The maximum Gasteiger partial charge on any atom is 0.410 e. The highest BCUT2D eigenvalue weighted by Crippen LogP contribution is 2.32. The highest BCUT2D eigenvalue weighted by molar-refractivity contribution is 6.35. The zero-order chi connectivity index (χ0) is 27.1. The van der Waals surface area contributed by atoms with Crippen LogP contribution in [0.5, 0.6) is 0 Å². The fraction of sp³-hybridized carbons (Fsp3) is 0.458. The number of nitrogens with one attached hydrogen (secondary N) is 1. The fourth-order valence-corrected chi connectivity index (χ4v) is 4.75. The van der Waals surface area contributed by atoms with Crippen LogP contribution in [0, 0.1) is 0 Å². The Kier molecular flexibility index (Phi) is 7.38. The zero-order valence-corrected chi connectivity index (χ0v) is 22.6. The fourth-order valence-electron chi connectivity index (χ4n) is 4.36. The molecule has 1 saturated heterocycles. The van der Waals surface area contributed by atoms with E-state index in [1.807, 2.05) is 27.7 Å². The number of carbonyl (C=O) groups excluding carboxylic acids is 1. The van der Waals surface area contributed by atoms with Crippen LogP contribution in [0.1, 0.15) is 58.4 Å². The van der Waals surface area contributed by atoms with Gasteiger partial charge in [0.05, 0.1) is 22.0 Å². The summed E-state index contributed by atoms with van der Waals surface area (Å²) < 4.78 is 7.16. The summed E-state index contributed by atoms with van der Waals surface area (Å²) in [5.74, 6) is 0.684. The number of hydrogen-bond donors (Lipinski definition) is 3. The first-order valence-corrected chi connectivity index (χ1v) is 12.6. The quantitative estimate of drug-likeness (QED) is 0.429. The predicted octanol–water partition coefficient (Wildman–Crippen LogP) is 4.40. The van der Waals surface area contributed by atoms with Gasteiger partial charge in [0.25, 0.3) is 5.56 Å². The normalized spacial score (nSPS) is 15.6. The van der Waals surface area contributed by atoms with Gasteiger partial charge in [0, 0.05) is 19.1 Å². The number of carbonyl (C=O) groups is 1. The Morgan fingerprint density at radius 2 is 1.84 bits per heavy atom. The summed E-state index contributed by atoms with van der Waals surface area (Å²) in [5, 5.41) is 3.94.